The molecule has 0 aliphatic heterocycles. The van der Waals surface area contributed by atoms with Crippen molar-refractivity contribution in [3.8, 4) is 0 Å². The standard InChI is InChI=1S/C15H33N3/c1-5-18(6-2)10-9-17-15(12-16)8-7-13(3)14(4)11-15/h13-14,17H,5-12,16H2,1-4H3. The first-order chi connectivity index (χ1) is 8.56. The van der Waals surface area contributed by atoms with Gasteiger partial charge in [0.05, 0.1) is 0 Å². The first-order valence-corrected chi connectivity index (χ1v) is 7.74. The van der Waals surface area contributed by atoms with Crippen molar-refractivity contribution < 1.29 is 0 Å². The van der Waals surface area contributed by atoms with E-state index in [0.29, 0.717) is 0 Å². The summed E-state index contributed by atoms with van der Waals surface area (Å²) in [7, 11) is 0. The molecule has 1 aliphatic rings. The molecule has 0 heterocycles. The van der Waals surface area contributed by atoms with E-state index in [4.69, 9.17) is 5.73 Å². The van der Waals surface area contributed by atoms with Crippen LogP contribution in [-0.2, 0) is 0 Å². The molecule has 3 atom stereocenters. The molecular formula is C15H33N3. The van der Waals surface area contributed by atoms with Crippen molar-refractivity contribution in [1.82, 2.24) is 10.2 Å². The molecule has 18 heavy (non-hydrogen) atoms. The van der Waals surface area contributed by atoms with Gasteiger partial charge >= 0.3 is 0 Å². The van der Waals surface area contributed by atoms with Gasteiger partial charge in [0, 0.05) is 25.2 Å². The quantitative estimate of drug-likeness (QED) is 0.732. The monoisotopic (exact) mass is 255 g/mol. The number of nitrogens with two attached hydrogens (primary N) is 1. The average molecular weight is 255 g/mol. The Morgan fingerprint density at radius 1 is 1.22 bits per heavy atom. The summed E-state index contributed by atoms with van der Waals surface area (Å²) >= 11 is 0. The number of hydrogen-bond acceptors (Lipinski definition) is 3. The van der Waals surface area contributed by atoms with Gasteiger partial charge in [-0.25, -0.2) is 0 Å². The molecule has 0 bridgehead atoms. The lowest BCUT2D eigenvalue weighted by molar-refractivity contribution is 0.141. The van der Waals surface area contributed by atoms with E-state index in [2.05, 4.69) is 37.9 Å². The van der Waals surface area contributed by atoms with Gasteiger partial charge in [-0.15, -0.1) is 0 Å². The number of nitrogens with zero attached hydrogens (tertiary/aromatic N) is 1. The molecule has 0 saturated heterocycles. The van der Waals surface area contributed by atoms with Gasteiger partial charge < -0.3 is 16.0 Å². The van der Waals surface area contributed by atoms with Crippen LogP contribution in [0.15, 0.2) is 0 Å². The van der Waals surface area contributed by atoms with Crippen LogP contribution in [0.5, 0.6) is 0 Å². The fourth-order valence-corrected chi connectivity index (χ4v) is 3.15. The molecular weight excluding hydrogens is 222 g/mol. The molecule has 1 rings (SSSR count). The highest BCUT2D eigenvalue weighted by Gasteiger charge is 2.36. The Kier molecular flexibility index (Phi) is 6.61. The van der Waals surface area contributed by atoms with E-state index in [1.807, 2.05) is 0 Å². The molecule has 108 valence electrons. The van der Waals surface area contributed by atoms with Crippen molar-refractivity contribution >= 4 is 0 Å². The van der Waals surface area contributed by atoms with Crippen LogP contribution in [0.1, 0.15) is 47.0 Å². The summed E-state index contributed by atoms with van der Waals surface area (Å²) in [5.74, 6) is 1.65. The van der Waals surface area contributed by atoms with Gasteiger partial charge in [-0.2, -0.15) is 0 Å². The Morgan fingerprint density at radius 3 is 2.39 bits per heavy atom. The van der Waals surface area contributed by atoms with E-state index in [1.54, 1.807) is 0 Å². The molecule has 0 aromatic rings. The predicted octanol–water partition coefficient (Wildman–Crippen LogP) is 2.07. The Bertz CT molecular complexity index is 228. The van der Waals surface area contributed by atoms with E-state index in [0.717, 1.165) is 44.6 Å². The molecule has 0 amide bonds. The number of nitrogens with one attached hydrogen (secondary N) is 1. The fraction of sp³-hybridized carbons (Fsp3) is 1.00. The summed E-state index contributed by atoms with van der Waals surface area (Å²) in [4.78, 5) is 2.46. The SMILES string of the molecule is CCN(CC)CCNC1(CN)CCC(C)C(C)C1. The fourth-order valence-electron chi connectivity index (χ4n) is 3.15. The third-order valence-corrected chi connectivity index (χ3v) is 4.98. The van der Waals surface area contributed by atoms with Crippen molar-refractivity contribution in [3.63, 3.8) is 0 Å². The zero-order valence-electron chi connectivity index (χ0n) is 12.8. The second kappa shape index (κ2) is 7.46. The third-order valence-electron chi connectivity index (χ3n) is 4.98. The van der Waals surface area contributed by atoms with Crippen molar-refractivity contribution in [2.24, 2.45) is 17.6 Å². The summed E-state index contributed by atoms with van der Waals surface area (Å²) in [6, 6.07) is 0. The van der Waals surface area contributed by atoms with Crippen LogP contribution in [0.3, 0.4) is 0 Å². The largest absolute Gasteiger partial charge is 0.329 e. The lowest BCUT2D eigenvalue weighted by atomic mass is 9.71. The summed E-state index contributed by atoms with van der Waals surface area (Å²) < 4.78 is 0. The molecule has 0 radical (unpaired) electrons. The van der Waals surface area contributed by atoms with Gasteiger partial charge in [0.15, 0.2) is 0 Å². The molecule has 1 fully saturated rings. The van der Waals surface area contributed by atoms with Crippen LogP contribution < -0.4 is 11.1 Å². The minimum atomic E-state index is 0.207. The zero-order chi connectivity index (χ0) is 13.6. The molecule has 3 N–H and O–H groups in total. The highest BCUT2D eigenvalue weighted by atomic mass is 15.1. The molecule has 1 aliphatic carbocycles. The Morgan fingerprint density at radius 2 is 1.89 bits per heavy atom. The summed E-state index contributed by atoms with van der Waals surface area (Å²) in [6.07, 6.45) is 3.80. The minimum absolute atomic E-state index is 0.207. The second-order valence-electron chi connectivity index (χ2n) is 6.14. The highest BCUT2D eigenvalue weighted by Crippen LogP contribution is 2.35. The smallest absolute Gasteiger partial charge is 0.0307 e. The molecule has 3 unspecified atom stereocenters. The lowest BCUT2D eigenvalue weighted by Crippen LogP contribution is -2.56. The van der Waals surface area contributed by atoms with Gasteiger partial charge in [-0.1, -0.05) is 27.7 Å². The van der Waals surface area contributed by atoms with Gasteiger partial charge in [0.1, 0.15) is 0 Å². The van der Waals surface area contributed by atoms with Crippen molar-refractivity contribution in [2.75, 3.05) is 32.7 Å². The number of likely N-dealkylation sites (N-methyl/N-ethyl adjacent to an activating group) is 1. The summed E-state index contributed by atoms with van der Waals surface area (Å²) in [5.41, 5.74) is 6.26. The Labute approximate surface area is 113 Å². The Hall–Kier alpha value is -0.120. The van der Waals surface area contributed by atoms with E-state index in [-0.39, 0.29) is 5.54 Å². The van der Waals surface area contributed by atoms with Crippen LogP contribution in [0.25, 0.3) is 0 Å². The molecule has 0 aromatic carbocycles. The van der Waals surface area contributed by atoms with Crippen LogP contribution in [0.4, 0.5) is 0 Å². The molecule has 0 aromatic heterocycles. The summed E-state index contributed by atoms with van der Waals surface area (Å²) in [6.45, 7) is 14.5. The lowest BCUT2D eigenvalue weighted by Gasteiger charge is -2.43. The highest BCUT2D eigenvalue weighted by molar-refractivity contribution is 4.95. The van der Waals surface area contributed by atoms with Crippen LogP contribution in [-0.4, -0.2) is 43.2 Å². The average Bonchev–Trinajstić information content (AvgIpc) is 2.39. The van der Waals surface area contributed by atoms with E-state index in [9.17, 15) is 0 Å². The Balaban J connectivity index is 2.41. The van der Waals surface area contributed by atoms with Crippen LogP contribution >= 0.6 is 0 Å². The maximum atomic E-state index is 6.05. The van der Waals surface area contributed by atoms with Crippen molar-refractivity contribution in [1.29, 1.82) is 0 Å². The van der Waals surface area contributed by atoms with E-state index in [1.165, 1.54) is 19.3 Å². The second-order valence-corrected chi connectivity index (χ2v) is 6.14. The van der Waals surface area contributed by atoms with Crippen molar-refractivity contribution in [3.05, 3.63) is 0 Å². The van der Waals surface area contributed by atoms with Crippen LogP contribution in [0, 0.1) is 11.8 Å². The zero-order valence-corrected chi connectivity index (χ0v) is 12.8. The molecule has 3 nitrogen and oxygen atoms in total. The minimum Gasteiger partial charge on any atom is -0.329 e. The maximum absolute atomic E-state index is 6.05. The van der Waals surface area contributed by atoms with Crippen molar-refractivity contribution in [2.45, 2.75) is 52.5 Å². The molecule has 1 saturated carbocycles. The topological polar surface area (TPSA) is 41.3 Å². The predicted molar refractivity (Wildman–Crippen MR) is 79.8 cm³/mol. The summed E-state index contributed by atoms with van der Waals surface area (Å²) in [5, 5.41) is 3.77. The third kappa shape index (κ3) is 4.22. The number of rotatable bonds is 7. The first-order valence-electron chi connectivity index (χ1n) is 7.74. The normalized spacial score (nSPS) is 33.0. The van der Waals surface area contributed by atoms with Gasteiger partial charge in [0.25, 0.3) is 0 Å². The van der Waals surface area contributed by atoms with Gasteiger partial charge in [-0.05, 0) is 44.2 Å². The molecule has 3 heteroatoms. The van der Waals surface area contributed by atoms with Gasteiger partial charge in [0.2, 0.25) is 0 Å². The first kappa shape index (κ1) is 15.9. The van der Waals surface area contributed by atoms with Gasteiger partial charge in [-0.3, -0.25) is 0 Å². The van der Waals surface area contributed by atoms with E-state index >= 15 is 0 Å². The van der Waals surface area contributed by atoms with E-state index < -0.39 is 0 Å². The maximum Gasteiger partial charge on any atom is 0.0307 e. The number of hydrogen-bond donors (Lipinski definition) is 2. The molecule has 0 spiro atoms. The van der Waals surface area contributed by atoms with Crippen LogP contribution in [0.2, 0.25) is 0 Å².